The third-order valence-corrected chi connectivity index (χ3v) is 5.24. The molecule has 1 fully saturated rings. The Labute approximate surface area is 120 Å². The third kappa shape index (κ3) is 4.02. The molecule has 0 amide bonds. The Balaban J connectivity index is 1.98. The van der Waals surface area contributed by atoms with Crippen LogP contribution in [0, 0.1) is 0 Å². The van der Waals surface area contributed by atoms with E-state index in [2.05, 4.69) is 4.72 Å². The normalized spacial score (nSPS) is 23.9. The highest BCUT2D eigenvalue weighted by Crippen LogP contribution is 2.19. The van der Waals surface area contributed by atoms with Gasteiger partial charge in [-0.05, 0) is 18.4 Å². The highest BCUT2D eigenvalue weighted by atomic mass is 32.2. The lowest BCUT2D eigenvalue weighted by molar-refractivity contribution is 0.100. The zero-order valence-corrected chi connectivity index (χ0v) is 12.5. The minimum Gasteiger partial charge on any atom is -0.391 e. The first kappa shape index (κ1) is 15.4. The van der Waals surface area contributed by atoms with Crippen LogP contribution in [0.15, 0.2) is 30.3 Å². The van der Waals surface area contributed by atoms with E-state index >= 15 is 0 Å². The third-order valence-electron chi connectivity index (χ3n) is 3.69. The topological polar surface area (TPSA) is 69.6 Å². The van der Waals surface area contributed by atoms with Gasteiger partial charge in [-0.3, -0.25) is 0 Å². The molecular formula is C14H22N2O3S. The van der Waals surface area contributed by atoms with Crippen LogP contribution in [0.4, 0.5) is 0 Å². The van der Waals surface area contributed by atoms with Gasteiger partial charge in [-0.1, -0.05) is 43.2 Å². The van der Waals surface area contributed by atoms with Gasteiger partial charge in [0, 0.05) is 19.6 Å². The Bertz CT molecular complexity index is 518. The van der Waals surface area contributed by atoms with E-state index in [0.29, 0.717) is 19.4 Å². The van der Waals surface area contributed by atoms with E-state index < -0.39 is 16.3 Å². The summed E-state index contributed by atoms with van der Waals surface area (Å²) >= 11 is 0. The maximum Gasteiger partial charge on any atom is 0.279 e. The summed E-state index contributed by atoms with van der Waals surface area (Å²) in [5, 5.41) is 9.86. The predicted octanol–water partition coefficient (Wildman–Crippen LogP) is 1.26. The molecule has 0 heterocycles. The van der Waals surface area contributed by atoms with Gasteiger partial charge in [-0.15, -0.1) is 0 Å². The van der Waals surface area contributed by atoms with Gasteiger partial charge in [0.05, 0.1) is 6.10 Å². The quantitative estimate of drug-likeness (QED) is 0.860. The summed E-state index contributed by atoms with van der Waals surface area (Å²) in [6.45, 7) is 0.318. The van der Waals surface area contributed by atoms with Gasteiger partial charge < -0.3 is 5.11 Å². The molecule has 2 atom stereocenters. The molecule has 1 aromatic rings. The van der Waals surface area contributed by atoms with Gasteiger partial charge in [0.1, 0.15) is 0 Å². The largest absolute Gasteiger partial charge is 0.391 e. The molecule has 20 heavy (non-hydrogen) atoms. The van der Waals surface area contributed by atoms with Crippen molar-refractivity contribution in [3.8, 4) is 0 Å². The molecule has 0 aliphatic heterocycles. The molecule has 112 valence electrons. The number of nitrogens with zero attached hydrogens (tertiary/aromatic N) is 1. The first-order chi connectivity index (χ1) is 9.49. The van der Waals surface area contributed by atoms with E-state index in [1.54, 1.807) is 7.05 Å². The van der Waals surface area contributed by atoms with Gasteiger partial charge in [0.25, 0.3) is 10.2 Å². The molecule has 1 aromatic carbocycles. The second-order valence-corrected chi connectivity index (χ2v) is 7.13. The fraction of sp³-hybridized carbons (Fsp3) is 0.571. The summed E-state index contributed by atoms with van der Waals surface area (Å²) in [5.41, 5.74) is 0.935. The summed E-state index contributed by atoms with van der Waals surface area (Å²) in [6.07, 6.45) is 2.68. The van der Waals surface area contributed by atoms with Crippen molar-refractivity contribution in [1.29, 1.82) is 0 Å². The van der Waals surface area contributed by atoms with Crippen LogP contribution in [0.1, 0.15) is 31.2 Å². The summed E-state index contributed by atoms with van der Waals surface area (Å²) in [4.78, 5) is 0. The van der Waals surface area contributed by atoms with E-state index in [1.807, 2.05) is 30.3 Å². The highest BCUT2D eigenvalue weighted by Gasteiger charge is 2.29. The molecule has 1 aliphatic rings. The average molecular weight is 298 g/mol. The number of aliphatic hydroxyl groups is 1. The van der Waals surface area contributed by atoms with Crippen molar-refractivity contribution in [2.45, 2.75) is 44.4 Å². The van der Waals surface area contributed by atoms with Crippen molar-refractivity contribution in [3.63, 3.8) is 0 Å². The zero-order chi connectivity index (χ0) is 14.6. The van der Waals surface area contributed by atoms with Gasteiger partial charge in [-0.25, -0.2) is 0 Å². The predicted molar refractivity (Wildman–Crippen MR) is 78.2 cm³/mol. The van der Waals surface area contributed by atoms with Crippen LogP contribution in [0.25, 0.3) is 0 Å². The second-order valence-electron chi connectivity index (χ2n) is 5.32. The minimum atomic E-state index is -3.57. The minimum absolute atomic E-state index is 0.318. The smallest absolute Gasteiger partial charge is 0.279 e. The molecule has 0 radical (unpaired) electrons. The molecule has 6 heteroatoms. The second kappa shape index (κ2) is 6.67. The van der Waals surface area contributed by atoms with Gasteiger partial charge in [0.15, 0.2) is 0 Å². The van der Waals surface area contributed by atoms with Crippen molar-refractivity contribution >= 4 is 10.2 Å². The lowest BCUT2D eigenvalue weighted by Gasteiger charge is -2.30. The monoisotopic (exact) mass is 298 g/mol. The van der Waals surface area contributed by atoms with Crippen LogP contribution in [0.3, 0.4) is 0 Å². The molecular weight excluding hydrogens is 276 g/mol. The Morgan fingerprint density at radius 3 is 2.55 bits per heavy atom. The fourth-order valence-electron chi connectivity index (χ4n) is 2.46. The van der Waals surface area contributed by atoms with E-state index in [9.17, 15) is 13.5 Å². The van der Waals surface area contributed by atoms with Crippen LogP contribution < -0.4 is 4.72 Å². The molecule has 0 saturated heterocycles. The maximum atomic E-state index is 12.3. The number of aliphatic hydroxyl groups excluding tert-OH is 1. The summed E-state index contributed by atoms with van der Waals surface area (Å²) in [6, 6.07) is 9.08. The molecule has 2 rings (SSSR count). The lowest BCUT2D eigenvalue weighted by Crippen LogP contribution is -2.49. The zero-order valence-electron chi connectivity index (χ0n) is 11.7. The number of benzene rings is 1. The molecule has 1 aliphatic carbocycles. The van der Waals surface area contributed by atoms with Crippen molar-refractivity contribution < 1.29 is 13.5 Å². The van der Waals surface area contributed by atoms with Crippen molar-refractivity contribution in [2.75, 3.05) is 7.05 Å². The summed E-state index contributed by atoms with van der Waals surface area (Å²) in [7, 11) is -2.02. The standard InChI is InChI=1S/C14H22N2O3S/c1-16(11-12-7-3-2-4-8-12)20(18,19)15-13-9-5-6-10-14(13)17/h2-4,7-8,13-15,17H,5-6,9-11H2,1H3/t13-,14-/m1/s1. The molecule has 0 unspecified atom stereocenters. The molecule has 0 bridgehead atoms. The van der Waals surface area contributed by atoms with Crippen molar-refractivity contribution in [1.82, 2.24) is 9.03 Å². The lowest BCUT2D eigenvalue weighted by atomic mass is 9.93. The average Bonchev–Trinajstić information content (AvgIpc) is 2.42. The number of hydrogen-bond acceptors (Lipinski definition) is 3. The van der Waals surface area contributed by atoms with Crippen LogP contribution in [0.2, 0.25) is 0 Å². The Hall–Kier alpha value is -0.950. The van der Waals surface area contributed by atoms with Crippen molar-refractivity contribution in [3.05, 3.63) is 35.9 Å². The maximum absolute atomic E-state index is 12.3. The van der Waals surface area contributed by atoms with Crippen LogP contribution in [-0.4, -0.2) is 37.0 Å². The SMILES string of the molecule is CN(Cc1ccccc1)S(=O)(=O)N[C@@H]1CCCC[C@H]1O. The van der Waals surface area contributed by atoms with Crippen molar-refractivity contribution in [2.24, 2.45) is 0 Å². The van der Waals surface area contributed by atoms with Crippen LogP contribution >= 0.6 is 0 Å². The first-order valence-corrected chi connectivity index (χ1v) is 8.38. The van der Waals surface area contributed by atoms with Crippen LogP contribution in [0.5, 0.6) is 0 Å². The van der Waals surface area contributed by atoms with E-state index in [1.165, 1.54) is 4.31 Å². The van der Waals surface area contributed by atoms with Crippen LogP contribution in [-0.2, 0) is 16.8 Å². The Morgan fingerprint density at radius 2 is 1.90 bits per heavy atom. The molecule has 1 saturated carbocycles. The highest BCUT2D eigenvalue weighted by molar-refractivity contribution is 7.87. The van der Waals surface area contributed by atoms with Gasteiger partial charge in [0.2, 0.25) is 0 Å². The number of rotatable bonds is 5. The summed E-state index contributed by atoms with van der Waals surface area (Å²) in [5.74, 6) is 0. The molecule has 0 spiro atoms. The number of nitrogens with one attached hydrogen (secondary N) is 1. The molecule has 0 aromatic heterocycles. The van der Waals surface area contributed by atoms with E-state index in [0.717, 1.165) is 18.4 Å². The van der Waals surface area contributed by atoms with Gasteiger partial charge in [-0.2, -0.15) is 17.4 Å². The first-order valence-electron chi connectivity index (χ1n) is 6.94. The van der Waals surface area contributed by atoms with E-state index in [4.69, 9.17) is 0 Å². The Kier molecular flexibility index (Phi) is 5.15. The molecule has 5 nitrogen and oxygen atoms in total. The fourth-order valence-corrected chi connectivity index (χ4v) is 3.61. The Morgan fingerprint density at radius 1 is 1.25 bits per heavy atom. The number of hydrogen-bond donors (Lipinski definition) is 2. The summed E-state index contributed by atoms with van der Waals surface area (Å²) < 4.78 is 28.4. The van der Waals surface area contributed by atoms with E-state index in [-0.39, 0.29) is 6.04 Å². The van der Waals surface area contributed by atoms with Gasteiger partial charge >= 0.3 is 0 Å². The molecule has 2 N–H and O–H groups in total.